The van der Waals surface area contributed by atoms with Gasteiger partial charge in [-0.25, -0.2) is 8.78 Å². The molecule has 0 aliphatic rings. The van der Waals surface area contributed by atoms with Crippen LogP contribution in [0.25, 0.3) is 0 Å². The first-order chi connectivity index (χ1) is 8.41. The van der Waals surface area contributed by atoms with E-state index in [-0.39, 0.29) is 24.9 Å². The van der Waals surface area contributed by atoms with Crippen molar-refractivity contribution in [2.45, 2.75) is 12.8 Å². The number of carboxylic acids is 1. The Morgan fingerprint density at radius 1 is 1.28 bits per heavy atom. The maximum atomic E-state index is 13.0. The molecule has 0 bridgehead atoms. The smallest absolute Gasteiger partial charge is 0.303 e. The number of benzene rings is 1. The summed E-state index contributed by atoms with van der Waals surface area (Å²) in [5.41, 5.74) is 0.0322. The summed E-state index contributed by atoms with van der Waals surface area (Å²) < 4.78 is 26.1. The second-order valence-corrected chi connectivity index (χ2v) is 4.66. The zero-order valence-electron chi connectivity index (χ0n) is 9.17. The number of rotatable bonds is 5. The molecule has 0 aromatic heterocycles. The van der Waals surface area contributed by atoms with Crippen LogP contribution in [0.5, 0.6) is 0 Å². The van der Waals surface area contributed by atoms with Crippen molar-refractivity contribution < 1.29 is 23.5 Å². The Labute approximate surface area is 116 Å². The molecule has 0 saturated heterocycles. The predicted octanol–water partition coefficient (Wildman–Crippen LogP) is 2.16. The number of carboxylic acid groups (broad SMARTS) is 1. The van der Waals surface area contributed by atoms with E-state index in [2.05, 4.69) is 5.32 Å². The monoisotopic (exact) mass is 369 g/mol. The summed E-state index contributed by atoms with van der Waals surface area (Å²) in [5, 5.41) is 10.8. The Balaban J connectivity index is 2.62. The Kier molecular flexibility index (Phi) is 5.45. The molecule has 0 unspecified atom stereocenters. The average molecular weight is 369 g/mol. The Hall–Kier alpha value is -1.25. The quantitative estimate of drug-likeness (QED) is 0.475. The first kappa shape index (κ1) is 14.8. The fourth-order valence-corrected chi connectivity index (χ4v) is 1.91. The van der Waals surface area contributed by atoms with E-state index >= 15 is 0 Å². The topological polar surface area (TPSA) is 66.4 Å². The SMILES string of the molecule is O=C(O)CCCNC(=O)c1cc(F)c(F)cc1I. The van der Waals surface area contributed by atoms with Gasteiger partial charge < -0.3 is 10.4 Å². The number of aliphatic carboxylic acids is 1. The second-order valence-electron chi connectivity index (χ2n) is 3.50. The van der Waals surface area contributed by atoms with Gasteiger partial charge in [0, 0.05) is 16.5 Å². The van der Waals surface area contributed by atoms with E-state index in [1.54, 1.807) is 22.6 Å². The molecule has 0 heterocycles. The van der Waals surface area contributed by atoms with Crippen molar-refractivity contribution in [3.8, 4) is 0 Å². The third kappa shape index (κ3) is 4.21. The highest BCUT2D eigenvalue weighted by atomic mass is 127. The molecule has 0 radical (unpaired) electrons. The maximum Gasteiger partial charge on any atom is 0.303 e. The molecule has 0 fully saturated rings. The molecule has 0 saturated carbocycles. The molecular formula is C11H10F2INO3. The summed E-state index contributed by atoms with van der Waals surface area (Å²) in [6.07, 6.45) is 0.219. The summed E-state index contributed by atoms with van der Waals surface area (Å²) in [7, 11) is 0. The van der Waals surface area contributed by atoms with Gasteiger partial charge in [-0.2, -0.15) is 0 Å². The standard InChI is InChI=1S/C11H10F2INO3/c12-7-4-6(9(14)5-8(7)13)11(18)15-3-1-2-10(16)17/h4-5H,1-3H2,(H,15,18)(H,16,17). The van der Waals surface area contributed by atoms with Crippen LogP contribution in [-0.4, -0.2) is 23.5 Å². The predicted molar refractivity (Wildman–Crippen MR) is 68.3 cm³/mol. The molecular weight excluding hydrogens is 359 g/mol. The van der Waals surface area contributed by atoms with Crippen molar-refractivity contribution in [3.63, 3.8) is 0 Å². The molecule has 1 rings (SSSR count). The van der Waals surface area contributed by atoms with Crippen molar-refractivity contribution in [1.82, 2.24) is 5.32 Å². The van der Waals surface area contributed by atoms with Gasteiger partial charge in [0.05, 0.1) is 5.56 Å². The van der Waals surface area contributed by atoms with Gasteiger partial charge in [-0.1, -0.05) is 0 Å². The Morgan fingerprint density at radius 2 is 1.89 bits per heavy atom. The first-order valence-electron chi connectivity index (χ1n) is 5.06. The van der Waals surface area contributed by atoms with Crippen molar-refractivity contribution in [1.29, 1.82) is 0 Å². The van der Waals surface area contributed by atoms with E-state index in [9.17, 15) is 18.4 Å². The third-order valence-corrected chi connectivity index (χ3v) is 3.00. The molecule has 2 N–H and O–H groups in total. The van der Waals surface area contributed by atoms with Gasteiger partial charge in [-0.3, -0.25) is 9.59 Å². The summed E-state index contributed by atoms with van der Waals surface area (Å²) in [5.74, 6) is -3.61. The molecule has 0 aliphatic heterocycles. The van der Waals surface area contributed by atoms with Gasteiger partial charge in [-0.05, 0) is 41.1 Å². The van der Waals surface area contributed by atoms with Crippen LogP contribution in [0, 0.1) is 15.2 Å². The molecule has 0 atom stereocenters. The lowest BCUT2D eigenvalue weighted by molar-refractivity contribution is -0.137. The molecule has 1 amide bonds. The van der Waals surface area contributed by atoms with E-state index in [1.165, 1.54) is 0 Å². The van der Waals surface area contributed by atoms with Gasteiger partial charge in [-0.15, -0.1) is 0 Å². The molecule has 0 spiro atoms. The minimum atomic E-state index is -1.09. The molecule has 1 aromatic rings. The highest BCUT2D eigenvalue weighted by Crippen LogP contribution is 2.17. The molecule has 4 nitrogen and oxygen atoms in total. The maximum absolute atomic E-state index is 13.0. The number of hydrogen-bond acceptors (Lipinski definition) is 2. The molecule has 1 aromatic carbocycles. The van der Waals surface area contributed by atoms with Crippen molar-refractivity contribution in [3.05, 3.63) is 32.9 Å². The van der Waals surface area contributed by atoms with Crippen molar-refractivity contribution >= 4 is 34.5 Å². The first-order valence-corrected chi connectivity index (χ1v) is 6.14. The summed E-state index contributed by atoms with van der Waals surface area (Å²) in [6.45, 7) is 0.167. The van der Waals surface area contributed by atoms with E-state index in [4.69, 9.17) is 5.11 Å². The average Bonchev–Trinajstić information content (AvgIpc) is 2.28. The van der Waals surface area contributed by atoms with E-state index in [1.807, 2.05) is 0 Å². The highest BCUT2D eigenvalue weighted by Gasteiger charge is 2.14. The summed E-state index contributed by atoms with van der Waals surface area (Å²) in [4.78, 5) is 21.9. The highest BCUT2D eigenvalue weighted by molar-refractivity contribution is 14.1. The van der Waals surface area contributed by atoms with Crippen LogP contribution >= 0.6 is 22.6 Å². The Morgan fingerprint density at radius 3 is 2.50 bits per heavy atom. The van der Waals surface area contributed by atoms with Crippen LogP contribution in [0.4, 0.5) is 8.78 Å². The fraction of sp³-hybridized carbons (Fsp3) is 0.273. The largest absolute Gasteiger partial charge is 0.481 e. The minimum absolute atomic E-state index is 0.0322. The molecule has 0 aliphatic carbocycles. The molecule has 18 heavy (non-hydrogen) atoms. The Bertz CT molecular complexity index is 480. The zero-order valence-corrected chi connectivity index (χ0v) is 11.3. The summed E-state index contributed by atoms with van der Waals surface area (Å²) in [6, 6.07) is 1.76. The number of nitrogens with one attached hydrogen (secondary N) is 1. The lowest BCUT2D eigenvalue weighted by Gasteiger charge is -2.06. The zero-order chi connectivity index (χ0) is 13.7. The van der Waals surface area contributed by atoms with Crippen LogP contribution in [0.15, 0.2) is 12.1 Å². The van der Waals surface area contributed by atoms with Gasteiger partial charge in [0.25, 0.3) is 5.91 Å². The number of halogens is 3. The lowest BCUT2D eigenvalue weighted by Crippen LogP contribution is -2.26. The number of amides is 1. The second kappa shape index (κ2) is 6.62. The number of carbonyl (C=O) groups excluding carboxylic acids is 1. The molecule has 98 valence electrons. The summed E-state index contributed by atoms with van der Waals surface area (Å²) >= 11 is 1.73. The van der Waals surface area contributed by atoms with E-state index in [0.29, 0.717) is 3.57 Å². The van der Waals surface area contributed by atoms with Crippen molar-refractivity contribution in [2.75, 3.05) is 6.54 Å². The number of hydrogen-bond donors (Lipinski definition) is 2. The van der Waals surface area contributed by atoms with Gasteiger partial charge >= 0.3 is 5.97 Å². The normalized spacial score (nSPS) is 10.2. The van der Waals surface area contributed by atoms with Crippen molar-refractivity contribution in [2.24, 2.45) is 0 Å². The number of carbonyl (C=O) groups is 2. The van der Waals surface area contributed by atoms with Gasteiger partial charge in [0.2, 0.25) is 0 Å². The van der Waals surface area contributed by atoms with Crippen LogP contribution in [0.1, 0.15) is 23.2 Å². The van der Waals surface area contributed by atoms with Crippen LogP contribution in [0.2, 0.25) is 0 Å². The fourth-order valence-electron chi connectivity index (χ4n) is 1.23. The van der Waals surface area contributed by atoms with Crippen LogP contribution in [0.3, 0.4) is 0 Å². The van der Waals surface area contributed by atoms with Crippen LogP contribution in [-0.2, 0) is 4.79 Å². The minimum Gasteiger partial charge on any atom is -0.481 e. The van der Waals surface area contributed by atoms with E-state index < -0.39 is 23.5 Å². The van der Waals surface area contributed by atoms with Crippen LogP contribution < -0.4 is 5.32 Å². The van der Waals surface area contributed by atoms with Gasteiger partial charge in [0.1, 0.15) is 0 Å². The third-order valence-electron chi connectivity index (χ3n) is 2.11. The van der Waals surface area contributed by atoms with E-state index in [0.717, 1.165) is 12.1 Å². The van der Waals surface area contributed by atoms with Gasteiger partial charge in [0.15, 0.2) is 11.6 Å². The molecule has 7 heteroatoms. The lowest BCUT2D eigenvalue weighted by atomic mass is 10.2.